The third-order valence-corrected chi connectivity index (χ3v) is 9.59. The van der Waals surface area contributed by atoms with Gasteiger partial charge in [-0.15, -0.1) is 0 Å². The number of hydrogen-bond donors (Lipinski definition) is 2. The normalized spacial score (nSPS) is 21.0. The van der Waals surface area contributed by atoms with Gasteiger partial charge in [-0.25, -0.2) is 8.42 Å². The number of piperidine rings is 1. The van der Waals surface area contributed by atoms with Crippen LogP contribution in [0.4, 0.5) is 0 Å². The van der Waals surface area contributed by atoms with Crippen LogP contribution in [0.2, 0.25) is 5.02 Å². The molecule has 9 nitrogen and oxygen atoms in total. The maximum atomic E-state index is 13.3. The van der Waals surface area contributed by atoms with Crippen molar-refractivity contribution in [2.24, 2.45) is 5.92 Å². The number of sulfonamides is 1. The van der Waals surface area contributed by atoms with Crippen LogP contribution in [-0.4, -0.2) is 73.7 Å². The van der Waals surface area contributed by atoms with Gasteiger partial charge >= 0.3 is 0 Å². The van der Waals surface area contributed by atoms with E-state index in [-0.39, 0.29) is 41.6 Å². The van der Waals surface area contributed by atoms with Crippen LogP contribution in [0.25, 0.3) is 10.8 Å². The molecule has 2 N–H and O–H groups in total. The standard InChI is InChI=1S/C28H37ClN4O5S/c1-4-19(5-2)26(34)30-23-7-6-13-32(17-23)27(35)18(3)33-14-12-25(28(33)36)31-39(37,38)24-11-9-20-15-22(29)10-8-21(20)16-24/h8-11,15-16,18-19,23,25,31H,4-7,12-14,17H2,1-3H3,(H,30,34). The summed E-state index contributed by atoms with van der Waals surface area (Å²) in [5.74, 6) is -0.623. The molecule has 212 valence electrons. The van der Waals surface area contributed by atoms with E-state index in [4.69, 9.17) is 11.6 Å². The zero-order valence-electron chi connectivity index (χ0n) is 22.7. The molecule has 0 saturated carbocycles. The Morgan fingerprint density at radius 1 is 1.05 bits per heavy atom. The van der Waals surface area contributed by atoms with Crippen LogP contribution in [0.5, 0.6) is 0 Å². The predicted molar refractivity (Wildman–Crippen MR) is 151 cm³/mol. The molecule has 2 aliphatic heterocycles. The van der Waals surface area contributed by atoms with E-state index >= 15 is 0 Å². The summed E-state index contributed by atoms with van der Waals surface area (Å²) in [6.45, 7) is 6.90. The largest absolute Gasteiger partial charge is 0.351 e. The van der Waals surface area contributed by atoms with Crippen LogP contribution >= 0.6 is 11.6 Å². The van der Waals surface area contributed by atoms with E-state index in [0.29, 0.717) is 18.1 Å². The van der Waals surface area contributed by atoms with Crippen molar-refractivity contribution in [3.8, 4) is 0 Å². The molecule has 2 aromatic rings. The van der Waals surface area contributed by atoms with Crippen LogP contribution in [0, 0.1) is 5.92 Å². The minimum Gasteiger partial charge on any atom is -0.351 e. The van der Waals surface area contributed by atoms with Crippen molar-refractivity contribution in [3.05, 3.63) is 41.4 Å². The maximum Gasteiger partial charge on any atom is 0.245 e. The fourth-order valence-electron chi connectivity index (χ4n) is 5.48. The molecule has 11 heteroatoms. The van der Waals surface area contributed by atoms with Gasteiger partial charge in [-0.05, 0) is 74.1 Å². The van der Waals surface area contributed by atoms with E-state index in [9.17, 15) is 22.8 Å². The topological polar surface area (TPSA) is 116 Å². The molecule has 3 amide bonds. The number of carbonyl (C=O) groups is 3. The molecule has 39 heavy (non-hydrogen) atoms. The van der Waals surface area contributed by atoms with Crippen molar-refractivity contribution in [2.45, 2.75) is 75.9 Å². The lowest BCUT2D eigenvalue weighted by Gasteiger charge is -2.37. The van der Waals surface area contributed by atoms with Crippen molar-refractivity contribution >= 4 is 50.1 Å². The molecule has 4 rings (SSSR count). The van der Waals surface area contributed by atoms with E-state index in [2.05, 4.69) is 10.0 Å². The SMILES string of the molecule is CCC(CC)C(=O)NC1CCCN(C(=O)C(C)N2CCC(NS(=O)(=O)c3ccc4cc(Cl)ccc4c3)C2=O)C1. The zero-order valence-corrected chi connectivity index (χ0v) is 24.2. The average Bonchev–Trinajstić information content (AvgIpc) is 3.27. The Labute approximate surface area is 235 Å². The van der Waals surface area contributed by atoms with Gasteiger partial charge in [-0.3, -0.25) is 14.4 Å². The van der Waals surface area contributed by atoms with E-state index in [1.807, 2.05) is 13.8 Å². The number of fused-ring (bicyclic) bond motifs is 1. The number of rotatable bonds is 9. The number of hydrogen-bond acceptors (Lipinski definition) is 5. The fraction of sp³-hybridized carbons (Fsp3) is 0.536. The van der Waals surface area contributed by atoms with Crippen molar-refractivity contribution in [1.82, 2.24) is 19.8 Å². The number of nitrogens with one attached hydrogen (secondary N) is 2. The van der Waals surface area contributed by atoms with Crippen LogP contribution in [0.15, 0.2) is 41.3 Å². The predicted octanol–water partition coefficient (Wildman–Crippen LogP) is 3.30. The Morgan fingerprint density at radius 3 is 2.46 bits per heavy atom. The second kappa shape index (κ2) is 12.2. The zero-order chi connectivity index (χ0) is 28.3. The second-order valence-electron chi connectivity index (χ2n) is 10.5. The van der Waals surface area contributed by atoms with Gasteiger partial charge in [0.05, 0.1) is 4.90 Å². The smallest absolute Gasteiger partial charge is 0.245 e. The molecule has 0 aromatic heterocycles. The van der Waals surface area contributed by atoms with Gasteiger partial charge in [0.1, 0.15) is 12.1 Å². The number of amides is 3. The molecular weight excluding hydrogens is 540 g/mol. The first-order chi connectivity index (χ1) is 18.5. The second-order valence-corrected chi connectivity index (χ2v) is 12.6. The summed E-state index contributed by atoms with van der Waals surface area (Å²) >= 11 is 6.02. The Balaban J connectivity index is 1.38. The molecule has 2 aromatic carbocycles. The first-order valence-electron chi connectivity index (χ1n) is 13.6. The first kappa shape index (κ1) is 29.3. The van der Waals surface area contributed by atoms with Gasteiger partial charge in [-0.2, -0.15) is 4.72 Å². The van der Waals surface area contributed by atoms with Gasteiger partial charge in [0.25, 0.3) is 0 Å². The van der Waals surface area contributed by atoms with Gasteiger partial charge in [0, 0.05) is 36.6 Å². The molecule has 2 aliphatic rings. The summed E-state index contributed by atoms with van der Waals surface area (Å²) in [7, 11) is -3.96. The van der Waals surface area contributed by atoms with Crippen molar-refractivity contribution in [1.29, 1.82) is 0 Å². The Morgan fingerprint density at radius 2 is 1.74 bits per heavy atom. The van der Waals surface area contributed by atoms with Crippen LogP contribution in [0.1, 0.15) is 52.9 Å². The molecule has 0 bridgehead atoms. The van der Waals surface area contributed by atoms with Gasteiger partial charge < -0.3 is 15.1 Å². The highest BCUT2D eigenvalue weighted by molar-refractivity contribution is 7.89. The first-order valence-corrected chi connectivity index (χ1v) is 15.5. The minimum atomic E-state index is -3.96. The van der Waals surface area contributed by atoms with E-state index < -0.39 is 28.0 Å². The lowest BCUT2D eigenvalue weighted by Crippen LogP contribution is -2.55. The van der Waals surface area contributed by atoms with Crippen LogP contribution < -0.4 is 10.0 Å². The summed E-state index contributed by atoms with van der Waals surface area (Å²) in [5.41, 5.74) is 0. The Bertz CT molecular complexity index is 1350. The molecule has 0 radical (unpaired) electrons. The molecule has 2 saturated heterocycles. The lowest BCUT2D eigenvalue weighted by atomic mass is 10.00. The molecule has 3 atom stereocenters. The highest BCUT2D eigenvalue weighted by Crippen LogP contribution is 2.24. The number of nitrogens with zero attached hydrogens (tertiary/aromatic N) is 2. The summed E-state index contributed by atoms with van der Waals surface area (Å²) in [6.07, 6.45) is 3.38. The highest BCUT2D eigenvalue weighted by atomic mass is 35.5. The molecular formula is C28H37ClN4O5S. The highest BCUT2D eigenvalue weighted by Gasteiger charge is 2.40. The third-order valence-electron chi connectivity index (χ3n) is 7.88. The third kappa shape index (κ3) is 6.56. The lowest BCUT2D eigenvalue weighted by molar-refractivity contribution is -0.144. The summed E-state index contributed by atoms with van der Waals surface area (Å²) < 4.78 is 28.7. The number of carbonyl (C=O) groups excluding carboxylic acids is 3. The molecule has 3 unspecified atom stereocenters. The van der Waals surface area contributed by atoms with E-state index in [0.717, 1.165) is 36.5 Å². The molecule has 2 fully saturated rings. The fourth-order valence-corrected chi connectivity index (χ4v) is 6.92. The number of benzene rings is 2. The molecule has 0 spiro atoms. The minimum absolute atomic E-state index is 0.0207. The van der Waals surface area contributed by atoms with Crippen molar-refractivity contribution < 1.29 is 22.8 Å². The monoisotopic (exact) mass is 576 g/mol. The summed E-state index contributed by atoms with van der Waals surface area (Å²) in [6, 6.07) is 8.11. The average molecular weight is 577 g/mol. The van der Waals surface area contributed by atoms with Crippen LogP contribution in [0.3, 0.4) is 0 Å². The van der Waals surface area contributed by atoms with Crippen molar-refractivity contribution in [2.75, 3.05) is 19.6 Å². The van der Waals surface area contributed by atoms with E-state index in [1.165, 1.54) is 11.0 Å². The van der Waals surface area contributed by atoms with E-state index in [1.54, 1.807) is 42.2 Å². The number of likely N-dealkylation sites (tertiary alicyclic amines) is 2. The Hall–Kier alpha value is -2.69. The maximum absolute atomic E-state index is 13.3. The molecule has 2 heterocycles. The van der Waals surface area contributed by atoms with Gasteiger partial charge in [0.2, 0.25) is 27.7 Å². The van der Waals surface area contributed by atoms with Crippen molar-refractivity contribution in [3.63, 3.8) is 0 Å². The van der Waals surface area contributed by atoms with Gasteiger partial charge in [-0.1, -0.05) is 37.6 Å². The Kier molecular flexibility index (Phi) is 9.18. The molecule has 0 aliphatic carbocycles. The number of halogens is 1. The van der Waals surface area contributed by atoms with Crippen LogP contribution in [-0.2, 0) is 24.4 Å². The summed E-state index contributed by atoms with van der Waals surface area (Å²) in [5, 5.41) is 5.18. The summed E-state index contributed by atoms with van der Waals surface area (Å²) in [4.78, 5) is 42.3. The van der Waals surface area contributed by atoms with Gasteiger partial charge in [0.15, 0.2) is 0 Å². The quantitative estimate of drug-likeness (QED) is 0.475.